The first-order valence-corrected chi connectivity index (χ1v) is 8.16. The molecule has 136 valence electrons. The van der Waals surface area contributed by atoms with E-state index in [1.54, 1.807) is 0 Å². The van der Waals surface area contributed by atoms with E-state index in [1.807, 2.05) is 0 Å². The van der Waals surface area contributed by atoms with Crippen molar-refractivity contribution in [3.63, 3.8) is 0 Å². The number of aromatic hydroxyl groups is 2. The highest BCUT2D eigenvalue weighted by Gasteiger charge is 2.23. The van der Waals surface area contributed by atoms with E-state index in [-0.39, 0.29) is 17.4 Å². The van der Waals surface area contributed by atoms with E-state index >= 15 is 0 Å². The number of carbonyl (C=O) groups is 3. The highest BCUT2D eigenvalue weighted by atomic mass is 16.5. The average Bonchev–Trinajstić information content (AvgIpc) is 2.54. The molecule has 0 aromatic heterocycles. The molecule has 4 N–H and O–H groups in total. The molecule has 1 aromatic carbocycles. The fourth-order valence-electron chi connectivity index (χ4n) is 2.80. The topological polar surface area (TPSA) is 125 Å². The number of nitrogens with one attached hydrogen (secondary N) is 2. The predicted molar refractivity (Wildman–Crippen MR) is 88.1 cm³/mol. The number of imide groups is 1. The van der Waals surface area contributed by atoms with E-state index in [4.69, 9.17) is 9.84 Å². The Morgan fingerprint density at radius 3 is 2.60 bits per heavy atom. The van der Waals surface area contributed by atoms with Crippen LogP contribution in [0.3, 0.4) is 0 Å². The van der Waals surface area contributed by atoms with Crippen LogP contribution in [0, 0.1) is 5.92 Å². The SMILES string of the molecule is C[C@H]1CCCC[C@H]1NC(=O)NC(=O)COC(=O)c1ccc(O)cc1O. The van der Waals surface area contributed by atoms with Gasteiger partial charge in [0.25, 0.3) is 5.91 Å². The molecule has 3 amide bonds. The summed E-state index contributed by atoms with van der Waals surface area (Å²) in [6.07, 6.45) is 4.08. The second-order valence-corrected chi connectivity index (χ2v) is 6.17. The molecule has 2 atom stereocenters. The molecule has 1 aromatic rings. The minimum atomic E-state index is -0.936. The summed E-state index contributed by atoms with van der Waals surface area (Å²) >= 11 is 0. The zero-order chi connectivity index (χ0) is 18.4. The number of phenols is 2. The van der Waals surface area contributed by atoms with Crippen LogP contribution in [0.4, 0.5) is 4.79 Å². The van der Waals surface area contributed by atoms with Crippen molar-refractivity contribution in [2.75, 3.05) is 6.61 Å². The van der Waals surface area contributed by atoms with Crippen LogP contribution < -0.4 is 10.6 Å². The van der Waals surface area contributed by atoms with E-state index in [0.717, 1.165) is 31.7 Å². The summed E-state index contributed by atoms with van der Waals surface area (Å²) in [6, 6.07) is 2.76. The van der Waals surface area contributed by atoms with Gasteiger partial charge in [0.2, 0.25) is 0 Å². The number of rotatable bonds is 4. The minimum Gasteiger partial charge on any atom is -0.508 e. The van der Waals surface area contributed by atoms with Gasteiger partial charge >= 0.3 is 12.0 Å². The summed E-state index contributed by atoms with van der Waals surface area (Å²) in [5.74, 6) is -2.03. The quantitative estimate of drug-likeness (QED) is 0.612. The molecule has 0 saturated heterocycles. The van der Waals surface area contributed by atoms with E-state index in [2.05, 4.69) is 17.6 Å². The smallest absolute Gasteiger partial charge is 0.342 e. The van der Waals surface area contributed by atoms with Crippen LogP contribution in [0.2, 0.25) is 0 Å². The number of esters is 1. The first-order chi connectivity index (χ1) is 11.9. The van der Waals surface area contributed by atoms with Crippen molar-refractivity contribution in [1.29, 1.82) is 0 Å². The number of hydrogen-bond acceptors (Lipinski definition) is 6. The van der Waals surface area contributed by atoms with Crippen molar-refractivity contribution in [2.24, 2.45) is 5.92 Å². The van der Waals surface area contributed by atoms with Crippen LogP contribution in [0.5, 0.6) is 11.5 Å². The van der Waals surface area contributed by atoms with Gasteiger partial charge in [0.1, 0.15) is 17.1 Å². The predicted octanol–water partition coefficient (Wildman–Crippen LogP) is 1.66. The van der Waals surface area contributed by atoms with Crippen LogP contribution >= 0.6 is 0 Å². The van der Waals surface area contributed by atoms with E-state index in [0.29, 0.717) is 5.92 Å². The Hall–Kier alpha value is -2.77. The molecule has 0 heterocycles. The van der Waals surface area contributed by atoms with Gasteiger partial charge in [-0.15, -0.1) is 0 Å². The number of benzene rings is 1. The second-order valence-electron chi connectivity index (χ2n) is 6.17. The molecular formula is C17H22N2O6. The van der Waals surface area contributed by atoms with Gasteiger partial charge in [-0.25, -0.2) is 9.59 Å². The maximum absolute atomic E-state index is 11.8. The Labute approximate surface area is 145 Å². The van der Waals surface area contributed by atoms with Crippen molar-refractivity contribution in [2.45, 2.75) is 38.6 Å². The van der Waals surface area contributed by atoms with Crippen molar-refractivity contribution in [3.8, 4) is 11.5 Å². The maximum atomic E-state index is 11.8. The highest BCUT2D eigenvalue weighted by molar-refractivity contribution is 5.97. The van der Waals surface area contributed by atoms with Gasteiger partial charge < -0.3 is 20.3 Å². The third-order valence-corrected chi connectivity index (χ3v) is 4.22. The van der Waals surface area contributed by atoms with Gasteiger partial charge in [-0.3, -0.25) is 10.1 Å². The van der Waals surface area contributed by atoms with E-state index < -0.39 is 30.3 Å². The summed E-state index contributed by atoms with van der Waals surface area (Å²) in [5.41, 5.74) is -0.189. The molecular weight excluding hydrogens is 328 g/mol. The van der Waals surface area contributed by atoms with Crippen LogP contribution in [0.15, 0.2) is 18.2 Å². The van der Waals surface area contributed by atoms with Crippen LogP contribution in [0.1, 0.15) is 43.0 Å². The Balaban J connectivity index is 1.77. The number of ether oxygens (including phenoxy) is 1. The van der Waals surface area contributed by atoms with Crippen LogP contribution in [-0.2, 0) is 9.53 Å². The highest BCUT2D eigenvalue weighted by Crippen LogP contribution is 2.24. The second kappa shape index (κ2) is 8.36. The minimum absolute atomic E-state index is 0.0260. The Morgan fingerprint density at radius 1 is 1.20 bits per heavy atom. The monoisotopic (exact) mass is 350 g/mol. The van der Waals surface area contributed by atoms with Crippen molar-refractivity contribution in [1.82, 2.24) is 10.6 Å². The van der Waals surface area contributed by atoms with Crippen LogP contribution in [-0.4, -0.2) is 40.8 Å². The van der Waals surface area contributed by atoms with Crippen molar-refractivity contribution >= 4 is 17.9 Å². The first-order valence-electron chi connectivity index (χ1n) is 8.16. The van der Waals surface area contributed by atoms with Gasteiger partial charge in [0.15, 0.2) is 6.61 Å². The first kappa shape index (κ1) is 18.6. The van der Waals surface area contributed by atoms with Crippen molar-refractivity contribution < 1.29 is 29.3 Å². The third-order valence-electron chi connectivity index (χ3n) is 4.22. The number of hydrogen-bond donors (Lipinski definition) is 4. The maximum Gasteiger partial charge on any atom is 0.342 e. The summed E-state index contributed by atoms with van der Waals surface area (Å²) in [4.78, 5) is 35.3. The fourth-order valence-corrected chi connectivity index (χ4v) is 2.80. The van der Waals surface area contributed by atoms with Gasteiger partial charge in [0.05, 0.1) is 0 Å². The number of urea groups is 1. The van der Waals surface area contributed by atoms with Gasteiger partial charge in [0, 0.05) is 12.1 Å². The van der Waals surface area contributed by atoms with E-state index in [9.17, 15) is 19.5 Å². The molecule has 0 bridgehead atoms. The van der Waals surface area contributed by atoms with Gasteiger partial charge in [-0.05, 0) is 30.9 Å². The molecule has 0 radical (unpaired) electrons. The van der Waals surface area contributed by atoms with Gasteiger partial charge in [-0.2, -0.15) is 0 Å². The Morgan fingerprint density at radius 2 is 1.92 bits per heavy atom. The molecule has 1 aliphatic rings. The Kier molecular flexibility index (Phi) is 6.21. The fraction of sp³-hybridized carbons (Fsp3) is 0.471. The lowest BCUT2D eigenvalue weighted by Crippen LogP contribution is -2.48. The number of amides is 3. The lowest BCUT2D eigenvalue weighted by atomic mass is 9.86. The summed E-state index contributed by atoms with van der Waals surface area (Å²) < 4.78 is 4.75. The molecule has 1 fully saturated rings. The number of phenolic OH excluding ortho intramolecular Hbond substituents is 2. The zero-order valence-electron chi connectivity index (χ0n) is 13.9. The molecule has 1 saturated carbocycles. The zero-order valence-corrected chi connectivity index (χ0v) is 13.9. The molecule has 0 spiro atoms. The molecule has 2 rings (SSSR count). The third kappa shape index (κ3) is 5.37. The normalized spacial score (nSPS) is 19.7. The largest absolute Gasteiger partial charge is 0.508 e. The summed E-state index contributed by atoms with van der Waals surface area (Å²) in [7, 11) is 0. The molecule has 1 aliphatic carbocycles. The number of carbonyl (C=O) groups excluding carboxylic acids is 3. The molecule has 0 aliphatic heterocycles. The lowest BCUT2D eigenvalue weighted by Gasteiger charge is -2.29. The molecule has 25 heavy (non-hydrogen) atoms. The summed E-state index contributed by atoms with van der Waals surface area (Å²) in [5, 5.41) is 23.6. The molecule has 8 nitrogen and oxygen atoms in total. The van der Waals surface area contributed by atoms with Crippen LogP contribution in [0.25, 0.3) is 0 Å². The standard InChI is InChI=1S/C17H22N2O6/c1-10-4-2-3-5-13(10)18-17(24)19-15(22)9-25-16(23)12-7-6-11(20)8-14(12)21/h6-8,10,13,20-21H,2-5,9H2,1H3,(H2,18,19,22,24)/t10-,13+/m0/s1. The average molecular weight is 350 g/mol. The summed E-state index contributed by atoms with van der Waals surface area (Å²) in [6.45, 7) is 1.39. The molecule has 8 heteroatoms. The van der Waals surface area contributed by atoms with Crippen molar-refractivity contribution in [3.05, 3.63) is 23.8 Å². The molecule has 0 unspecified atom stereocenters. The van der Waals surface area contributed by atoms with E-state index in [1.165, 1.54) is 12.1 Å². The lowest BCUT2D eigenvalue weighted by molar-refractivity contribution is -0.123. The Bertz CT molecular complexity index is 661. The van der Waals surface area contributed by atoms with Gasteiger partial charge in [-0.1, -0.05) is 19.8 Å².